The zero-order valence-corrected chi connectivity index (χ0v) is 14.5. The number of ether oxygens (including phenoxy) is 1. The SMILES string of the molecule is C[C@@H]1CNCCN1C(=O)CN1C(=O)COc2ccc([N+](=O)[O-])cc21.Cl. The summed E-state index contributed by atoms with van der Waals surface area (Å²) in [4.78, 5) is 38.2. The molecule has 1 N–H and O–H groups in total. The van der Waals surface area contributed by atoms with Crippen molar-refractivity contribution in [2.75, 3.05) is 37.7 Å². The second-order valence-electron chi connectivity index (χ2n) is 5.82. The predicted molar refractivity (Wildman–Crippen MR) is 92.2 cm³/mol. The van der Waals surface area contributed by atoms with Crippen LogP contribution in [0.25, 0.3) is 0 Å². The van der Waals surface area contributed by atoms with E-state index in [4.69, 9.17) is 4.74 Å². The van der Waals surface area contributed by atoms with Crippen LogP contribution >= 0.6 is 12.4 Å². The molecule has 0 radical (unpaired) electrons. The van der Waals surface area contributed by atoms with Crippen molar-refractivity contribution >= 4 is 35.6 Å². The van der Waals surface area contributed by atoms with E-state index in [1.807, 2.05) is 6.92 Å². The molecule has 1 aromatic rings. The van der Waals surface area contributed by atoms with Crippen LogP contribution in [-0.4, -0.2) is 60.5 Å². The molecule has 1 atom stereocenters. The van der Waals surface area contributed by atoms with Crippen LogP contribution in [0.5, 0.6) is 5.75 Å². The minimum atomic E-state index is -0.544. The first-order chi connectivity index (χ1) is 11.5. The van der Waals surface area contributed by atoms with Gasteiger partial charge in [-0.05, 0) is 13.0 Å². The molecule has 2 amide bonds. The van der Waals surface area contributed by atoms with Crippen LogP contribution < -0.4 is 15.0 Å². The van der Waals surface area contributed by atoms with E-state index in [0.29, 0.717) is 25.4 Å². The third-order valence-corrected chi connectivity index (χ3v) is 4.21. The first-order valence-electron chi connectivity index (χ1n) is 7.69. The monoisotopic (exact) mass is 370 g/mol. The average Bonchev–Trinajstić information content (AvgIpc) is 2.57. The molecule has 136 valence electrons. The van der Waals surface area contributed by atoms with Gasteiger partial charge in [0.2, 0.25) is 5.91 Å². The minimum absolute atomic E-state index is 0. The van der Waals surface area contributed by atoms with E-state index < -0.39 is 4.92 Å². The van der Waals surface area contributed by atoms with Crippen LogP contribution in [-0.2, 0) is 9.59 Å². The van der Waals surface area contributed by atoms with Crippen molar-refractivity contribution in [2.45, 2.75) is 13.0 Å². The lowest BCUT2D eigenvalue weighted by molar-refractivity contribution is -0.384. The van der Waals surface area contributed by atoms with Gasteiger partial charge in [0.05, 0.1) is 10.6 Å². The van der Waals surface area contributed by atoms with E-state index >= 15 is 0 Å². The fourth-order valence-electron chi connectivity index (χ4n) is 2.92. The van der Waals surface area contributed by atoms with Crippen molar-refractivity contribution in [1.82, 2.24) is 10.2 Å². The summed E-state index contributed by atoms with van der Waals surface area (Å²) in [5, 5.41) is 14.2. The van der Waals surface area contributed by atoms with E-state index in [-0.39, 0.29) is 54.8 Å². The molecule has 0 aliphatic carbocycles. The van der Waals surface area contributed by atoms with Gasteiger partial charge >= 0.3 is 0 Å². The third kappa shape index (κ3) is 3.83. The van der Waals surface area contributed by atoms with Gasteiger partial charge in [-0.25, -0.2) is 0 Å². The highest BCUT2D eigenvalue weighted by Gasteiger charge is 2.32. The predicted octanol–water partition coefficient (Wildman–Crippen LogP) is 0.562. The van der Waals surface area contributed by atoms with Gasteiger partial charge in [0.1, 0.15) is 12.3 Å². The lowest BCUT2D eigenvalue weighted by Gasteiger charge is -2.36. The van der Waals surface area contributed by atoms with Crippen LogP contribution in [0.2, 0.25) is 0 Å². The summed E-state index contributed by atoms with van der Waals surface area (Å²) in [6, 6.07) is 4.06. The maximum atomic E-state index is 12.6. The molecule has 2 aliphatic rings. The van der Waals surface area contributed by atoms with Crippen molar-refractivity contribution < 1.29 is 19.2 Å². The van der Waals surface area contributed by atoms with Crippen LogP contribution in [0.3, 0.4) is 0 Å². The summed E-state index contributed by atoms with van der Waals surface area (Å²) in [7, 11) is 0. The van der Waals surface area contributed by atoms with E-state index in [2.05, 4.69) is 5.32 Å². The molecule has 0 saturated carbocycles. The van der Waals surface area contributed by atoms with E-state index in [0.717, 1.165) is 0 Å². The Bertz CT molecular complexity index is 698. The Morgan fingerprint density at radius 2 is 2.24 bits per heavy atom. The van der Waals surface area contributed by atoms with Crippen molar-refractivity contribution in [3.8, 4) is 5.75 Å². The molecule has 3 rings (SSSR count). The fraction of sp³-hybridized carbons (Fsp3) is 0.467. The number of halogens is 1. The van der Waals surface area contributed by atoms with Gasteiger partial charge in [-0.2, -0.15) is 0 Å². The number of benzene rings is 1. The summed E-state index contributed by atoms with van der Waals surface area (Å²) < 4.78 is 5.30. The molecule has 1 fully saturated rings. The van der Waals surface area contributed by atoms with Crippen molar-refractivity contribution in [1.29, 1.82) is 0 Å². The number of non-ortho nitro benzene ring substituents is 1. The molecule has 25 heavy (non-hydrogen) atoms. The Balaban J connectivity index is 0.00000225. The van der Waals surface area contributed by atoms with Gasteiger partial charge in [0, 0.05) is 37.8 Å². The van der Waals surface area contributed by atoms with Crippen LogP contribution in [0.4, 0.5) is 11.4 Å². The van der Waals surface area contributed by atoms with Crippen molar-refractivity contribution in [3.63, 3.8) is 0 Å². The molecule has 2 aliphatic heterocycles. The number of nitro benzene ring substituents is 1. The van der Waals surface area contributed by atoms with E-state index in [1.54, 1.807) is 4.90 Å². The number of carbonyl (C=O) groups is 2. The Labute approximate surface area is 150 Å². The van der Waals surface area contributed by atoms with Crippen LogP contribution in [0.1, 0.15) is 6.92 Å². The maximum absolute atomic E-state index is 12.6. The zero-order valence-electron chi connectivity index (χ0n) is 13.6. The van der Waals surface area contributed by atoms with Crippen LogP contribution in [0, 0.1) is 10.1 Å². The maximum Gasteiger partial charge on any atom is 0.271 e. The number of nitrogens with one attached hydrogen (secondary N) is 1. The lowest BCUT2D eigenvalue weighted by Crippen LogP contribution is -2.55. The molecule has 0 bridgehead atoms. The average molecular weight is 371 g/mol. The highest BCUT2D eigenvalue weighted by atomic mass is 35.5. The van der Waals surface area contributed by atoms with Gasteiger partial charge < -0.3 is 15.0 Å². The number of hydrogen-bond acceptors (Lipinski definition) is 6. The minimum Gasteiger partial charge on any atom is -0.482 e. The zero-order chi connectivity index (χ0) is 17.3. The quantitative estimate of drug-likeness (QED) is 0.615. The molecular weight excluding hydrogens is 352 g/mol. The second-order valence-corrected chi connectivity index (χ2v) is 5.82. The normalized spacial score (nSPS) is 19.6. The van der Waals surface area contributed by atoms with E-state index in [1.165, 1.54) is 23.1 Å². The number of fused-ring (bicyclic) bond motifs is 1. The molecule has 2 heterocycles. The Kier molecular flexibility index (Phi) is 5.81. The van der Waals surface area contributed by atoms with Crippen molar-refractivity contribution in [2.24, 2.45) is 0 Å². The molecule has 0 aromatic heterocycles. The highest BCUT2D eigenvalue weighted by molar-refractivity contribution is 6.02. The Morgan fingerprint density at radius 1 is 1.48 bits per heavy atom. The van der Waals surface area contributed by atoms with Crippen LogP contribution in [0.15, 0.2) is 18.2 Å². The number of rotatable bonds is 3. The lowest BCUT2D eigenvalue weighted by atomic mass is 10.2. The van der Waals surface area contributed by atoms with Gasteiger partial charge in [0.15, 0.2) is 6.61 Å². The van der Waals surface area contributed by atoms with E-state index in [9.17, 15) is 19.7 Å². The third-order valence-electron chi connectivity index (χ3n) is 4.21. The summed E-state index contributed by atoms with van der Waals surface area (Å²) in [6.07, 6.45) is 0. The number of piperazine rings is 1. The standard InChI is InChI=1S/C15H18N4O5.ClH/c1-10-7-16-4-5-17(10)14(20)8-18-12-6-11(19(22)23)2-3-13(12)24-9-15(18)21;/h2-3,6,10,16H,4-5,7-9H2,1H3;1H/t10-;/m1./s1. The van der Waals surface area contributed by atoms with Gasteiger partial charge in [-0.1, -0.05) is 0 Å². The summed E-state index contributed by atoms with van der Waals surface area (Å²) in [5.41, 5.74) is 0.108. The Hall–Kier alpha value is -2.39. The number of amides is 2. The smallest absolute Gasteiger partial charge is 0.271 e. The number of anilines is 1. The summed E-state index contributed by atoms with van der Waals surface area (Å²) in [5.74, 6) is -0.211. The van der Waals surface area contributed by atoms with Gasteiger partial charge in [-0.3, -0.25) is 24.6 Å². The molecule has 1 saturated heterocycles. The molecule has 0 unspecified atom stereocenters. The number of nitrogens with zero attached hydrogens (tertiary/aromatic N) is 3. The molecule has 10 heteroatoms. The first kappa shape index (κ1) is 18.9. The first-order valence-corrected chi connectivity index (χ1v) is 7.69. The topological polar surface area (TPSA) is 105 Å². The summed E-state index contributed by atoms with van der Waals surface area (Å²) >= 11 is 0. The van der Waals surface area contributed by atoms with Gasteiger partial charge in [-0.15, -0.1) is 12.4 Å². The molecule has 0 spiro atoms. The largest absolute Gasteiger partial charge is 0.482 e. The second kappa shape index (κ2) is 7.66. The fourth-order valence-corrected chi connectivity index (χ4v) is 2.92. The molecule has 9 nitrogen and oxygen atoms in total. The number of hydrogen-bond donors (Lipinski definition) is 1. The number of nitro groups is 1. The number of carbonyl (C=O) groups excluding carboxylic acids is 2. The van der Waals surface area contributed by atoms with Crippen molar-refractivity contribution in [3.05, 3.63) is 28.3 Å². The highest BCUT2D eigenvalue weighted by Crippen LogP contribution is 2.35. The van der Waals surface area contributed by atoms with Gasteiger partial charge in [0.25, 0.3) is 11.6 Å². The molecule has 1 aromatic carbocycles. The molecular formula is C15H19ClN4O5. The summed E-state index contributed by atoms with van der Waals surface area (Å²) in [6.45, 7) is 3.57. The Morgan fingerprint density at radius 3 is 2.92 bits per heavy atom.